The Hall–Kier alpha value is -0.920. The van der Waals surface area contributed by atoms with Crippen molar-refractivity contribution in [1.82, 2.24) is 5.32 Å². The summed E-state index contributed by atoms with van der Waals surface area (Å²) in [6.07, 6.45) is 20.4. The maximum absolute atomic E-state index is 11.0. The molecule has 0 unspecified atom stereocenters. The van der Waals surface area contributed by atoms with E-state index in [0.717, 1.165) is 4.48 Å². The number of quaternary nitrogens is 1. The lowest BCUT2D eigenvalue weighted by Crippen LogP contribution is -2.44. The Kier molecular flexibility index (Phi) is 20.0. The van der Waals surface area contributed by atoms with Gasteiger partial charge in [0.05, 0.1) is 32.4 Å². The molecule has 0 fully saturated rings. The third-order valence-electron chi connectivity index (χ3n) is 5.92. The van der Waals surface area contributed by atoms with Crippen molar-refractivity contribution >= 4 is 16.0 Å². The van der Waals surface area contributed by atoms with E-state index in [4.69, 9.17) is 0 Å². The fourth-order valence-corrected chi connectivity index (χ4v) is 3.56. The highest BCUT2D eigenvalue weighted by Crippen LogP contribution is 2.14. The molecule has 0 aromatic carbocycles. The molecule has 0 saturated heterocycles. The summed E-state index contributed by atoms with van der Waals surface area (Å²) in [6, 6.07) is 0. The molecule has 0 bridgehead atoms. The van der Waals surface area contributed by atoms with Crippen LogP contribution in [0.5, 0.6) is 0 Å². The van der Waals surface area contributed by atoms with Gasteiger partial charge in [-0.2, -0.15) is 0 Å². The molecule has 6 nitrogen and oxygen atoms in total. The van der Waals surface area contributed by atoms with E-state index in [9.17, 15) is 17.8 Å². The molecular formula is C27H56N2O4S. The van der Waals surface area contributed by atoms with E-state index in [1.54, 1.807) is 0 Å². The highest BCUT2D eigenvalue weighted by atomic mass is 32.2. The van der Waals surface area contributed by atoms with Crippen LogP contribution in [0, 0.1) is 0 Å². The zero-order valence-corrected chi connectivity index (χ0v) is 24.3. The Labute approximate surface area is 212 Å². The molecule has 0 aromatic rings. The zero-order chi connectivity index (χ0) is 26.7. The van der Waals surface area contributed by atoms with E-state index >= 15 is 0 Å². The molecule has 1 amide bonds. The van der Waals surface area contributed by atoms with Crippen LogP contribution in [0.3, 0.4) is 0 Å². The summed E-state index contributed by atoms with van der Waals surface area (Å²) in [5, 5.41) is 2.31. The first-order valence-corrected chi connectivity index (χ1v) is 14.7. The van der Waals surface area contributed by atoms with Crippen LogP contribution in [-0.4, -0.2) is 62.3 Å². The van der Waals surface area contributed by atoms with Crippen molar-refractivity contribution in [3.05, 3.63) is 12.2 Å². The molecule has 0 saturated carbocycles. The second kappa shape index (κ2) is 19.3. The molecule has 0 heterocycles. The highest BCUT2D eigenvalue weighted by molar-refractivity contribution is 7.87. The maximum Gasteiger partial charge on any atom is 0.246 e. The second-order valence-corrected chi connectivity index (χ2v) is 13.3. The van der Waals surface area contributed by atoms with Gasteiger partial charge in [-0.25, -0.2) is 8.42 Å². The van der Waals surface area contributed by atoms with Crippen LogP contribution in [0.2, 0.25) is 0 Å². The molecule has 0 atom stereocenters. The lowest BCUT2D eigenvalue weighted by Gasteiger charge is -2.28. The maximum atomic E-state index is 11.0. The number of hydrogen-bond donors (Lipinski definition) is 1. The van der Waals surface area contributed by atoms with Crippen molar-refractivity contribution in [2.45, 2.75) is 122 Å². The lowest BCUT2D eigenvalue weighted by atomic mass is 10.0. The van der Waals surface area contributed by atoms with Crippen molar-refractivity contribution in [2.75, 3.05) is 34.2 Å². The Morgan fingerprint density at radius 2 is 1.18 bits per heavy atom. The van der Waals surface area contributed by atoms with Gasteiger partial charge in [-0.3, -0.25) is 4.79 Å². The molecular weight excluding hydrogens is 448 g/mol. The monoisotopic (exact) mass is 504 g/mol. The van der Waals surface area contributed by atoms with Crippen molar-refractivity contribution < 1.29 is 22.2 Å². The van der Waals surface area contributed by atoms with E-state index in [1.165, 1.54) is 117 Å². The molecule has 0 aliphatic carbocycles. The molecule has 0 aliphatic heterocycles. The van der Waals surface area contributed by atoms with Crippen LogP contribution in [-0.2, 0) is 14.9 Å². The van der Waals surface area contributed by atoms with Crippen LogP contribution in [0.15, 0.2) is 12.2 Å². The number of amides is 1. The van der Waals surface area contributed by atoms with Gasteiger partial charge in [-0.15, -0.1) is 0 Å². The predicted molar refractivity (Wildman–Crippen MR) is 145 cm³/mol. The third-order valence-corrected chi connectivity index (χ3v) is 7.42. The molecule has 0 aromatic heterocycles. The lowest BCUT2D eigenvalue weighted by molar-refractivity contribution is -0.870. The average Bonchev–Trinajstić information content (AvgIpc) is 2.71. The van der Waals surface area contributed by atoms with Gasteiger partial charge in [0.1, 0.15) is 10.1 Å². The number of unbranched alkanes of at least 4 members (excludes halogenated alkanes) is 13. The van der Waals surface area contributed by atoms with Gasteiger partial charge in [0.2, 0.25) is 5.91 Å². The molecule has 0 radical (unpaired) electrons. The van der Waals surface area contributed by atoms with E-state index in [0.29, 0.717) is 0 Å². The Balaban J connectivity index is 0. The smallest absolute Gasteiger partial charge is 0.246 e. The SMILES string of the molecule is C=C(C)C(=O)NCC(C)(C)S(=O)(=O)[O-].CCCCCCCCCCCCCCCC[N+](C)(C)C. The molecule has 204 valence electrons. The second-order valence-electron chi connectivity index (χ2n) is 11.3. The molecule has 0 spiro atoms. The van der Waals surface area contributed by atoms with Crippen LogP contribution in [0.4, 0.5) is 0 Å². The predicted octanol–water partition coefficient (Wildman–Crippen LogP) is 6.18. The number of carbonyl (C=O) groups is 1. The highest BCUT2D eigenvalue weighted by Gasteiger charge is 2.26. The van der Waals surface area contributed by atoms with Crippen molar-refractivity contribution in [3.63, 3.8) is 0 Å². The van der Waals surface area contributed by atoms with Gasteiger partial charge >= 0.3 is 0 Å². The molecule has 0 rings (SSSR count). The Morgan fingerprint density at radius 3 is 1.47 bits per heavy atom. The zero-order valence-electron chi connectivity index (χ0n) is 23.5. The third kappa shape index (κ3) is 22.9. The van der Waals surface area contributed by atoms with Crippen molar-refractivity contribution in [3.8, 4) is 0 Å². The minimum atomic E-state index is -4.42. The summed E-state index contributed by atoms with van der Waals surface area (Å²) in [5.74, 6) is -0.457. The number of rotatable bonds is 19. The van der Waals surface area contributed by atoms with Gasteiger partial charge in [-0.1, -0.05) is 90.6 Å². The van der Waals surface area contributed by atoms with Crippen LogP contribution < -0.4 is 5.32 Å². The van der Waals surface area contributed by atoms with E-state index in [-0.39, 0.29) is 12.1 Å². The summed E-state index contributed by atoms with van der Waals surface area (Å²) in [4.78, 5) is 11.0. The largest absolute Gasteiger partial charge is 0.747 e. The Morgan fingerprint density at radius 1 is 0.824 bits per heavy atom. The van der Waals surface area contributed by atoms with Gasteiger partial charge < -0.3 is 14.4 Å². The summed E-state index contributed by atoms with van der Waals surface area (Å²) < 4.78 is 31.7. The molecule has 0 aliphatic rings. The van der Waals surface area contributed by atoms with Crippen LogP contribution in [0.25, 0.3) is 0 Å². The average molecular weight is 505 g/mol. The molecule has 7 heteroatoms. The summed E-state index contributed by atoms with van der Waals surface area (Å²) in [6.45, 7) is 10.8. The summed E-state index contributed by atoms with van der Waals surface area (Å²) in [5.41, 5.74) is 0.268. The number of nitrogens with zero attached hydrogens (tertiary/aromatic N) is 1. The van der Waals surface area contributed by atoms with Crippen LogP contribution in [0.1, 0.15) is 118 Å². The van der Waals surface area contributed by atoms with Gasteiger partial charge in [0.25, 0.3) is 0 Å². The fraction of sp³-hybridized carbons (Fsp3) is 0.889. The van der Waals surface area contributed by atoms with E-state index in [1.807, 2.05) is 0 Å². The van der Waals surface area contributed by atoms with E-state index in [2.05, 4.69) is 40.0 Å². The first-order valence-electron chi connectivity index (χ1n) is 13.3. The number of nitrogens with one attached hydrogen (secondary N) is 1. The fourth-order valence-electron chi connectivity index (χ4n) is 3.31. The topological polar surface area (TPSA) is 86.3 Å². The number of hydrogen-bond acceptors (Lipinski definition) is 4. The summed E-state index contributed by atoms with van der Waals surface area (Å²) >= 11 is 0. The standard InChI is InChI=1S/C19H42N.C8H15NO4S/c1-5-6-7-8-9-10-11-12-13-14-15-16-17-18-19-20(2,3)4;1-6(2)7(10)9-5-8(3,4)14(11,12)13/h5-19H2,1-4H3;1,5H2,2-4H3,(H,9,10)(H,11,12,13)/q+1;/p-1. The van der Waals surface area contributed by atoms with Crippen molar-refractivity contribution in [2.24, 2.45) is 0 Å². The Bertz CT molecular complexity index is 638. The molecule has 1 N–H and O–H groups in total. The van der Waals surface area contributed by atoms with E-state index < -0.39 is 20.8 Å². The normalized spacial score (nSPS) is 12.1. The van der Waals surface area contributed by atoms with Gasteiger partial charge in [0.15, 0.2) is 0 Å². The van der Waals surface area contributed by atoms with Gasteiger partial charge in [-0.05, 0) is 33.6 Å². The quantitative estimate of drug-likeness (QED) is 0.0985. The first kappa shape index (κ1) is 35.2. The first-order chi connectivity index (χ1) is 15.6. The van der Waals surface area contributed by atoms with Gasteiger partial charge in [0, 0.05) is 12.1 Å². The minimum absolute atomic E-state index is 0.218. The molecule has 34 heavy (non-hydrogen) atoms. The van der Waals surface area contributed by atoms with Crippen molar-refractivity contribution in [1.29, 1.82) is 0 Å². The van der Waals surface area contributed by atoms with Crippen LogP contribution >= 0.6 is 0 Å². The summed E-state index contributed by atoms with van der Waals surface area (Å²) in [7, 11) is 2.46. The number of carbonyl (C=O) groups excluding carboxylic acids is 1. The minimum Gasteiger partial charge on any atom is -0.747 e.